The second-order valence-corrected chi connectivity index (χ2v) is 5.15. The van der Waals surface area contributed by atoms with E-state index < -0.39 is 12.7 Å². The number of piperazine rings is 1. The molecule has 1 fully saturated rings. The number of nitrogens with zero attached hydrogens (tertiary/aromatic N) is 2. The molecule has 0 aromatic heterocycles. The quantitative estimate of drug-likeness (QED) is 0.834. The maximum Gasteiger partial charge on any atom is 0.401 e. The molecule has 1 aromatic carbocycles. The van der Waals surface area contributed by atoms with Gasteiger partial charge in [-0.15, -0.1) is 0 Å². The highest BCUT2D eigenvalue weighted by atomic mass is 19.4. The van der Waals surface area contributed by atoms with Crippen molar-refractivity contribution in [3.8, 4) is 0 Å². The van der Waals surface area contributed by atoms with E-state index in [1.165, 1.54) is 16.0 Å². The second-order valence-electron chi connectivity index (χ2n) is 5.15. The van der Waals surface area contributed by atoms with Crippen molar-refractivity contribution >= 4 is 0 Å². The molecule has 0 amide bonds. The van der Waals surface area contributed by atoms with Crippen LogP contribution in [-0.2, 0) is 6.54 Å². The lowest BCUT2D eigenvalue weighted by atomic mass is 10.1. The fraction of sp³-hybridized carbons (Fsp3) is 0.571. The fourth-order valence-electron chi connectivity index (χ4n) is 2.31. The monoisotopic (exact) mass is 272 g/mol. The van der Waals surface area contributed by atoms with Gasteiger partial charge in [0.15, 0.2) is 0 Å². The van der Waals surface area contributed by atoms with E-state index in [0.29, 0.717) is 26.2 Å². The van der Waals surface area contributed by atoms with Crippen molar-refractivity contribution in [2.24, 2.45) is 0 Å². The van der Waals surface area contributed by atoms with Crippen molar-refractivity contribution in [2.45, 2.75) is 19.6 Å². The van der Waals surface area contributed by atoms with E-state index in [9.17, 15) is 13.2 Å². The average molecular weight is 272 g/mol. The van der Waals surface area contributed by atoms with Gasteiger partial charge in [-0.25, -0.2) is 0 Å². The number of halogens is 3. The predicted molar refractivity (Wildman–Crippen MR) is 69.0 cm³/mol. The fourth-order valence-corrected chi connectivity index (χ4v) is 2.31. The highest BCUT2D eigenvalue weighted by Gasteiger charge is 2.31. The Morgan fingerprint density at radius 3 is 2.00 bits per heavy atom. The Balaban J connectivity index is 1.79. The maximum atomic E-state index is 12.3. The van der Waals surface area contributed by atoms with E-state index in [1.807, 2.05) is 6.92 Å². The first-order chi connectivity index (χ1) is 8.92. The first-order valence-corrected chi connectivity index (χ1v) is 6.49. The molecule has 1 saturated heterocycles. The molecule has 1 aromatic rings. The standard InChI is InChI=1S/C14H19F3N2/c1-12-2-4-13(5-3-12)10-18-6-8-19(9-7-18)11-14(15,16)17/h2-5H,6-11H2,1H3. The molecule has 0 bridgehead atoms. The lowest BCUT2D eigenvalue weighted by molar-refractivity contribution is -0.149. The van der Waals surface area contributed by atoms with Gasteiger partial charge in [0.25, 0.3) is 0 Å². The van der Waals surface area contributed by atoms with Crippen LogP contribution in [0.1, 0.15) is 11.1 Å². The molecule has 0 aliphatic carbocycles. The molecular weight excluding hydrogens is 253 g/mol. The molecule has 1 aliphatic rings. The van der Waals surface area contributed by atoms with Gasteiger partial charge in [0.05, 0.1) is 6.54 Å². The van der Waals surface area contributed by atoms with E-state index in [-0.39, 0.29) is 0 Å². The van der Waals surface area contributed by atoms with Crippen LogP contribution >= 0.6 is 0 Å². The maximum absolute atomic E-state index is 12.3. The van der Waals surface area contributed by atoms with Gasteiger partial charge in [-0.2, -0.15) is 13.2 Å². The number of aryl methyl sites for hydroxylation is 1. The van der Waals surface area contributed by atoms with Crippen LogP contribution in [0.25, 0.3) is 0 Å². The van der Waals surface area contributed by atoms with Crippen LogP contribution in [0, 0.1) is 6.92 Å². The van der Waals surface area contributed by atoms with Gasteiger partial charge in [0.2, 0.25) is 0 Å². The van der Waals surface area contributed by atoms with Gasteiger partial charge in [0.1, 0.15) is 0 Å². The van der Waals surface area contributed by atoms with Gasteiger partial charge in [0, 0.05) is 32.7 Å². The van der Waals surface area contributed by atoms with Crippen LogP contribution in [0.5, 0.6) is 0 Å². The van der Waals surface area contributed by atoms with Crippen LogP contribution in [0.3, 0.4) is 0 Å². The summed E-state index contributed by atoms with van der Waals surface area (Å²) in [4.78, 5) is 3.68. The third-order valence-corrected chi connectivity index (χ3v) is 3.39. The number of rotatable bonds is 3. The van der Waals surface area contributed by atoms with Crippen LogP contribution in [0.2, 0.25) is 0 Å². The first-order valence-electron chi connectivity index (χ1n) is 6.49. The summed E-state index contributed by atoms with van der Waals surface area (Å²) in [6, 6.07) is 8.29. The van der Waals surface area contributed by atoms with Crippen molar-refractivity contribution in [3.05, 3.63) is 35.4 Å². The SMILES string of the molecule is Cc1ccc(CN2CCN(CC(F)(F)F)CC2)cc1. The number of hydrogen-bond acceptors (Lipinski definition) is 2. The second kappa shape index (κ2) is 5.92. The van der Waals surface area contributed by atoms with Crippen molar-refractivity contribution in [3.63, 3.8) is 0 Å². The smallest absolute Gasteiger partial charge is 0.297 e. The van der Waals surface area contributed by atoms with Gasteiger partial charge in [-0.05, 0) is 12.5 Å². The number of benzene rings is 1. The first kappa shape index (κ1) is 14.3. The summed E-state index contributed by atoms with van der Waals surface area (Å²) in [5, 5.41) is 0. The Bertz CT molecular complexity index is 392. The lowest BCUT2D eigenvalue weighted by Gasteiger charge is -2.35. The van der Waals surface area contributed by atoms with Crippen molar-refractivity contribution in [1.29, 1.82) is 0 Å². The summed E-state index contributed by atoms with van der Waals surface area (Å²) in [5.74, 6) is 0. The molecule has 106 valence electrons. The molecule has 2 rings (SSSR count). The molecule has 19 heavy (non-hydrogen) atoms. The van der Waals surface area contributed by atoms with Crippen LogP contribution in [0.4, 0.5) is 13.2 Å². The summed E-state index contributed by atoms with van der Waals surface area (Å²) in [6.45, 7) is 4.45. The summed E-state index contributed by atoms with van der Waals surface area (Å²) < 4.78 is 36.8. The molecule has 2 nitrogen and oxygen atoms in total. The zero-order valence-corrected chi connectivity index (χ0v) is 11.1. The van der Waals surface area contributed by atoms with Crippen LogP contribution < -0.4 is 0 Å². The molecule has 1 heterocycles. The van der Waals surface area contributed by atoms with Crippen LogP contribution in [0.15, 0.2) is 24.3 Å². The highest BCUT2D eigenvalue weighted by molar-refractivity contribution is 5.21. The summed E-state index contributed by atoms with van der Waals surface area (Å²) in [5.41, 5.74) is 2.44. The van der Waals surface area contributed by atoms with E-state index in [2.05, 4.69) is 29.2 Å². The Hall–Kier alpha value is -1.07. The molecule has 0 saturated carbocycles. The zero-order valence-electron chi connectivity index (χ0n) is 11.1. The van der Waals surface area contributed by atoms with Gasteiger partial charge in [-0.1, -0.05) is 29.8 Å². The minimum absolute atomic E-state index is 0.491. The summed E-state index contributed by atoms with van der Waals surface area (Å²) in [7, 11) is 0. The van der Waals surface area contributed by atoms with Gasteiger partial charge < -0.3 is 0 Å². The van der Waals surface area contributed by atoms with E-state index in [0.717, 1.165) is 6.54 Å². The third-order valence-electron chi connectivity index (χ3n) is 3.39. The molecule has 0 N–H and O–H groups in total. The molecule has 0 spiro atoms. The van der Waals surface area contributed by atoms with Gasteiger partial charge >= 0.3 is 6.18 Å². The normalized spacial score (nSPS) is 18.7. The predicted octanol–water partition coefficient (Wildman–Crippen LogP) is 2.67. The van der Waals surface area contributed by atoms with Crippen molar-refractivity contribution in [2.75, 3.05) is 32.7 Å². The molecular formula is C14H19F3N2. The lowest BCUT2D eigenvalue weighted by Crippen LogP contribution is -2.48. The van der Waals surface area contributed by atoms with Crippen molar-refractivity contribution < 1.29 is 13.2 Å². The van der Waals surface area contributed by atoms with Crippen LogP contribution in [-0.4, -0.2) is 48.7 Å². The topological polar surface area (TPSA) is 6.48 Å². The van der Waals surface area contributed by atoms with E-state index in [1.54, 1.807) is 0 Å². The summed E-state index contributed by atoms with van der Waals surface area (Å²) >= 11 is 0. The Labute approximate surface area is 111 Å². The van der Waals surface area contributed by atoms with E-state index in [4.69, 9.17) is 0 Å². The minimum Gasteiger partial charge on any atom is -0.297 e. The molecule has 1 aliphatic heterocycles. The molecule has 0 unspecified atom stereocenters. The Morgan fingerprint density at radius 2 is 1.47 bits per heavy atom. The molecule has 0 atom stereocenters. The minimum atomic E-state index is -4.08. The highest BCUT2D eigenvalue weighted by Crippen LogP contribution is 2.18. The van der Waals surface area contributed by atoms with Gasteiger partial charge in [-0.3, -0.25) is 9.80 Å². The molecule has 5 heteroatoms. The molecule has 0 radical (unpaired) electrons. The number of hydrogen-bond donors (Lipinski definition) is 0. The third kappa shape index (κ3) is 4.84. The van der Waals surface area contributed by atoms with Crippen molar-refractivity contribution in [1.82, 2.24) is 9.80 Å². The van der Waals surface area contributed by atoms with E-state index >= 15 is 0 Å². The average Bonchev–Trinajstić information content (AvgIpc) is 2.33. The largest absolute Gasteiger partial charge is 0.401 e. The zero-order chi connectivity index (χ0) is 13.9. The Morgan fingerprint density at radius 1 is 0.947 bits per heavy atom. The summed E-state index contributed by atoms with van der Waals surface area (Å²) in [6.07, 6.45) is -4.08. The Kier molecular flexibility index (Phi) is 4.47. The number of alkyl halides is 3.